The summed E-state index contributed by atoms with van der Waals surface area (Å²) in [5, 5.41) is 35.7. The van der Waals surface area contributed by atoms with Crippen LogP contribution in [0.5, 0.6) is 11.5 Å². The number of hydrogen-bond acceptors (Lipinski definition) is 12. The number of aliphatic hydroxyl groups excluding tert-OH is 2. The number of nitrogens with zero attached hydrogens (tertiary/aromatic N) is 6. The maximum absolute atomic E-state index is 11.1. The molecule has 364 valence electrons. The highest BCUT2D eigenvalue weighted by Crippen LogP contribution is 2.31. The second-order valence-corrected chi connectivity index (χ2v) is 17.4. The standard InChI is InChI=1S/C57H70N6O6/c1-7-60(8-2)51-33-31-45(37-58-62(47-23-15-11-16-24-47)48-25-17-12-18-26-48)55(35-51)68-41-53(64)39-66-43-57(5,6)44-67-40-54(65)42-69-56-36-52(61(9-3)10-4)34-32-46(56)38-59-63(49-27-19-13-20-28-49)50-29-21-14-22-30-50/h11-38,53-54,64-65H,7-10,39-44H2,1-6H3/b58-37+,59-38+. The van der Waals surface area contributed by atoms with Gasteiger partial charge >= 0.3 is 0 Å². The number of benzene rings is 6. The van der Waals surface area contributed by atoms with Crippen LogP contribution < -0.4 is 29.3 Å². The number of anilines is 6. The van der Waals surface area contributed by atoms with Crippen molar-refractivity contribution in [3.63, 3.8) is 0 Å². The molecule has 6 aromatic rings. The quantitative estimate of drug-likeness (QED) is 0.0364. The van der Waals surface area contributed by atoms with E-state index < -0.39 is 17.6 Å². The number of rotatable bonds is 28. The molecule has 0 heterocycles. The molecular weight excluding hydrogens is 865 g/mol. The van der Waals surface area contributed by atoms with Gasteiger partial charge in [-0.05, 0) is 100 Å². The summed E-state index contributed by atoms with van der Waals surface area (Å²) in [7, 11) is 0. The average molecular weight is 935 g/mol. The van der Waals surface area contributed by atoms with Gasteiger partial charge < -0.3 is 39.0 Å². The predicted molar refractivity (Wildman–Crippen MR) is 284 cm³/mol. The highest BCUT2D eigenvalue weighted by Gasteiger charge is 2.22. The molecule has 0 aliphatic heterocycles. The SMILES string of the molecule is CCN(CC)c1ccc(/C=N/N(c2ccccc2)c2ccccc2)c(OCC(O)COCC(C)(C)COCC(O)COc2cc(N(CC)CC)ccc2/C=N/N(c2ccccc2)c2ccccc2)c1. The van der Waals surface area contributed by atoms with Gasteiger partial charge in [0.1, 0.15) is 36.9 Å². The van der Waals surface area contributed by atoms with Crippen LogP contribution >= 0.6 is 0 Å². The summed E-state index contributed by atoms with van der Waals surface area (Å²) in [6.07, 6.45) is 1.81. The first-order valence-corrected chi connectivity index (χ1v) is 24.0. The van der Waals surface area contributed by atoms with Crippen LogP contribution in [-0.2, 0) is 9.47 Å². The van der Waals surface area contributed by atoms with Crippen molar-refractivity contribution in [2.45, 2.75) is 53.8 Å². The van der Waals surface area contributed by atoms with Gasteiger partial charge in [0.2, 0.25) is 0 Å². The topological polar surface area (TPSA) is 115 Å². The molecule has 2 N–H and O–H groups in total. The van der Waals surface area contributed by atoms with Crippen molar-refractivity contribution in [1.29, 1.82) is 0 Å². The molecule has 0 saturated heterocycles. The summed E-state index contributed by atoms with van der Waals surface area (Å²) in [4.78, 5) is 4.49. The monoisotopic (exact) mass is 935 g/mol. The van der Waals surface area contributed by atoms with Crippen LogP contribution in [0.25, 0.3) is 0 Å². The molecule has 69 heavy (non-hydrogen) atoms. The minimum Gasteiger partial charge on any atom is -0.490 e. The van der Waals surface area contributed by atoms with E-state index in [2.05, 4.69) is 49.6 Å². The molecule has 0 aliphatic rings. The van der Waals surface area contributed by atoms with E-state index in [4.69, 9.17) is 29.2 Å². The van der Waals surface area contributed by atoms with E-state index in [0.29, 0.717) is 24.7 Å². The van der Waals surface area contributed by atoms with Crippen molar-refractivity contribution in [3.05, 3.63) is 169 Å². The van der Waals surface area contributed by atoms with Crippen LogP contribution in [0.4, 0.5) is 34.1 Å². The second-order valence-electron chi connectivity index (χ2n) is 17.4. The zero-order chi connectivity index (χ0) is 48.9. The Labute approximate surface area is 409 Å². The van der Waals surface area contributed by atoms with Crippen LogP contribution in [0, 0.1) is 5.41 Å². The van der Waals surface area contributed by atoms with Crippen LogP contribution in [0.15, 0.2) is 168 Å². The third-order valence-corrected chi connectivity index (χ3v) is 11.3. The highest BCUT2D eigenvalue weighted by molar-refractivity contribution is 5.87. The van der Waals surface area contributed by atoms with Crippen molar-refractivity contribution >= 4 is 46.6 Å². The summed E-state index contributed by atoms with van der Waals surface area (Å²) >= 11 is 0. The molecule has 2 unspecified atom stereocenters. The number of para-hydroxylation sites is 4. The van der Waals surface area contributed by atoms with Gasteiger partial charge in [0.15, 0.2) is 0 Å². The minimum atomic E-state index is -0.886. The van der Waals surface area contributed by atoms with Gasteiger partial charge in [0.05, 0.1) is 61.6 Å². The van der Waals surface area contributed by atoms with Crippen LogP contribution in [0.1, 0.15) is 52.7 Å². The zero-order valence-electron chi connectivity index (χ0n) is 41.1. The van der Waals surface area contributed by atoms with E-state index in [9.17, 15) is 10.2 Å². The maximum Gasteiger partial charge on any atom is 0.130 e. The first-order chi connectivity index (χ1) is 33.6. The summed E-state index contributed by atoms with van der Waals surface area (Å²) in [6.45, 7) is 16.7. The predicted octanol–water partition coefficient (Wildman–Crippen LogP) is 11.0. The van der Waals surface area contributed by atoms with Gasteiger partial charge in [0.25, 0.3) is 0 Å². The van der Waals surface area contributed by atoms with Crippen molar-refractivity contribution < 1.29 is 29.2 Å². The molecule has 0 spiro atoms. The van der Waals surface area contributed by atoms with E-state index in [1.165, 1.54) is 0 Å². The summed E-state index contributed by atoms with van der Waals surface area (Å²) in [6, 6.07) is 52.1. The molecule has 6 aromatic carbocycles. The first kappa shape index (κ1) is 51.7. The molecule has 6 rings (SSSR count). The largest absolute Gasteiger partial charge is 0.490 e. The fraction of sp³-hybridized carbons (Fsp3) is 0.333. The van der Waals surface area contributed by atoms with Gasteiger partial charge in [-0.3, -0.25) is 0 Å². The second kappa shape index (κ2) is 26.7. The lowest BCUT2D eigenvalue weighted by atomic mass is 9.96. The normalized spacial score (nSPS) is 12.5. The number of aliphatic hydroxyl groups is 2. The molecule has 0 amide bonds. The molecule has 12 heteroatoms. The van der Waals surface area contributed by atoms with Crippen molar-refractivity contribution in [1.82, 2.24) is 0 Å². The summed E-state index contributed by atoms with van der Waals surface area (Å²) < 4.78 is 24.6. The molecular formula is C57H70N6O6. The zero-order valence-corrected chi connectivity index (χ0v) is 41.1. The lowest BCUT2D eigenvalue weighted by molar-refractivity contribution is -0.0552. The fourth-order valence-electron chi connectivity index (χ4n) is 7.61. The Morgan fingerprint density at radius 3 is 1.07 bits per heavy atom. The van der Waals surface area contributed by atoms with Gasteiger partial charge in [-0.2, -0.15) is 10.2 Å². The average Bonchev–Trinajstić information content (AvgIpc) is 3.38. The molecule has 12 nitrogen and oxygen atoms in total. The molecule has 0 bridgehead atoms. The van der Waals surface area contributed by atoms with Gasteiger partial charge in [-0.15, -0.1) is 0 Å². The molecule has 0 aromatic heterocycles. The van der Waals surface area contributed by atoms with Crippen LogP contribution in [-0.4, -0.2) is 101 Å². The van der Waals surface area contributed by atoms with E-state index in [-0.39, 0.29) is 26.4 Å². The van der Waals surface area contributed by atoms with E-state index >= 15 is 0 Å². The van der Waals surface area contributed by atoms with Crippen LogP contribution in [0.3, 0.4) is 0 Å². The number of ether oxygens (including phenoxy) is 4. The summed E-state index contributed by atoms with van der Waals surface area (Å²) in [5.41, 5.74) is 6.88. The van der Waals surface area contributed by atoms with Crippen molar-refractivity contribution in [2.75, 3.05) is 85.6 Å². The highest BCUT2D eigenvalue weighted by atomic mass is 16.5. The third kappa shape index (κ3) is 15.7. The van der Waals surface area contributed by atoms with E-state index in [0.717, 1.165) is 71.4 Å². The minimum absolute atomic E-state index is 0.0243. The Bertz CT molecular complexity index is 2200. The van der Waals surface area contributed by atoms with Gasteiger partial charge in [0, 0.05) is 66.2 Å². The Morgan fingerprint density at radius 1 is 0.449 bits per heavy atom. The van der Waals surface area contributed by atoms with E-state index in [1.54, 1.807) is 12.4 Å². The van der Waals surface area contributed by atoms with E-state index in [1.807, 2.05) is 169 Å². The van der Waals surface area contributed by atoms with Crippen molar-refractivity contribution in [2.24, 2.45) is 15.6 Å². The number of hydrogen-bond donors (Lipinski definition) is 2. The molecule has 0 fully saturated rings. The summed E-state index contributed by atoms with van der Waals surface area (Å²) in [5.74, 6) is 1.22. The van der Waals surface area contributed by atoms with Crippen molar-refractivity contribution in [3.8, 4) is 11.5 Å². The fourth-order valence-corrected chi connectivity index (χ4v) is 7.61. The number of hydrazone groups is 2. The Kier molecular flexibility index (Phi) is 20.0. The Morgan fingerprint density at radius 2 is 0.768 bits per heavy atom. The third-order valence-electron chi connectivity index (χ3n) is 11.3. The Hall–Kier alpha value is -6.70. The first-order valence-electron chi connectivity index (χ1n) is 24.0. The lowest BCUT2D eigenvalue weighted by Gasteiger charge is -2.26. The molecule has 2 atom stereocenters. The smallest absolute Gasteiger partial charge is 0.130 e. The molecule has 0 radical (unpaired) electrons. The lowest BCUT2D eigenvalue weighted by Crippen LogP contribution is -2.32. The maximum atomic E-state index is 11.1. The van der Waals surface area contributed by atoms with Crippen LogP contribution in [0.2, 0.25) is 0 Å². The molecule has 0 saturated carbocycles. The Balaban J connectivity index is 1.02. The van der Waals surface area contributed by atoms with Gasteiger partial charge in [-0.1, -0.05) is 86.6 Å². The van der Waals surface area contributed by atoms with Gasteiger partial charge in [-0.25, -0.2) is 10.0 Å². The molecule has 0 aliphatic carbocycles.